The summed E-state index contributed by atoms with van der Waals surface area (Å²) in [6.07, 6.45) is 22.8. The van der Waals surface area contributed by atoms with Crippen molar-refractivity contribution in [3.63, 3.8) is 0 Å². The van der Waals surface area contributed by atoms with Crippen LogP contribution in [0, 0.1) is 21.7 Å². The van der Waals surface area contributed by atoms with E-state index < -0.39 is 10.8 Å². The van der Waals surface area contributed by atoms with E-state index in [1.807, 2.05) is 0 Å². The molecule has 2 aliphatic heterocycles. The van der Waals surface area contributed by atoms with Gasteiger partial charge in [-0.2, -0.15) is 0 Å². The lowest BCUT2D eigenvalue weighted by molar-refractivity contribution is -0.132. The van der Waals surface area contributed by atoms with Crippen LogP contribution in [0.25, 0.3) is 0 Å². The smallest absolute Gasteiger partial charge is 0.231 e. The molecule has 2 fully saturated rings. The quantitative estimate of drug-likeness (QED) is 0.429. The van der Waals surface area contributed by atoms with E-state index in [-0.39, 0.29) is 22.6 Å². The van der Waals surface area contributed by atoms with Gasteiger partial charge in [0.1, 0.15) is 0 Å². The Morgan fingerprint density at radius 3 is 1.47 bits per heavy atom. The van der Waals surface area contributed by atoms with Crippen LogP contribution in [0.15, 0.2) is 47.6 Å². The highest BCUT2D eigenvalue weighted by atomic mass is 16.2. The molecule has 34 heavy (non-hydrogen) atoms. The molecule has 0 aromatic carbocycles. The Kier molecular flexibility index (Phi) is 6.99. The molecule has 0 aromatic heterocycles. The maximum absolute atomic E-state index is 13.9. The third kappa shape index (κ3) is 3.23. The summed E-state index contributed by atoms with van der Waals surface area (Å²) in [4.78, 5) is 27.8. The molecule has 2 N–H and O–H groups in total. The second kappa shape index (κ2) is 9.51. The number of nitrogens with one attached hydrogen (secondary N) is 2. The summed E-state index contributed by atoms with van der Waals surface area (Å²) < 4.78 is 0. The van der Waals surface area contributed by atoms with E-state index in [0.29, 0.717) is 0 Å². The highest BCUT2D eigenvalue weighted by Crippen LogP contribution is 2.65. The normalized spacial score (nSPS) is 36.7. The number of hydrogen-bond acceptors (Lipinski definition) is 2. The van der Waals surface area contributed by atoms with Gasteiger partial charge in [0.25, 0.3) is 0 Å². The van der Waals surface area contributed by atoms with Crippen molar-refractivity contribution in [1.29, 1.82) is 0 Å². The fraction of sp³-hybridized carbons (Fsp3) is 0.667. The number of carbonyl (C=O) groups excluding carboxylic acids is 2. The van der Waals surface area contributed by atoms with E-state index in [1.54, 1.807) is 0 Å². The summed E-state index contributed by atoms with van der Waals surface area (Å²) in [5.41, 5.74) is 0.740. The highest BCUT2D eigenvalue weighted by Gasteiger charge is 2.67. The second-order valence-electron chi connectivity index (χ2n) is 11.1. The van der Waals surface area contributed by atoms with E-state index in [4.69, 9.17) is 0 Å². The van der Waals surface area contributed by atoms with Gasteiger partial charge >= 0.3 is 0 Å². The Labute approximate surface area is 206 Å². The molecule has 4 aliphatic rings. The molecule has 0 radical (unpaired) electrons. The first kappa shape index (κ1) is 25.0. The van der Waals surface area contributed by atoms with E-state index in [0.717, 1.165) is 88.4 Å². The number of rotatable bonds is 9. The Morgan fingerprint density at radius 1 is 0.706 bits per heavy atom. The first-order valence-electron chi connectivity index (χ1n) is 13.7. The lowest BCUT2D eigenvalue weighted by atomic mass is 9.48. The minimum Gasteiger partial charge on any atom is -0.355 e. The second-order valence-corrected chi connectivity index (χ2v) is 11.1. The molecule has 0 bridgehead atoms. The topological polar surface area (TPSA) is 58.2 Å². The van der Waals surface area contributed by atoms with Crippen molar-refractivity contribution in [2.45, 2.75) is 91.9 Å². The average Bonchev–Trinajstić information content (AvgIpc) is 3.30. The molecule has 2 saturated heterocycles. The molecule has 2 heterocycles. The number of amides is 2. The van der Waals surface area contributed by atoms with Crippen molar-refractivity contribution >= 4 is 11.8 Å². The van der Waals surface area contributed by atoms with E-state index >= 15 is 0 Å². The molecule has 4 nitrogen and oxygen atoms in total. The molecular formula is C30H44N2O2. The van der Waals surface area contributed by atoms with Crippen LogP contribution >= 0.6 is 0 Å². The standard InChI is InChI=1S/C30H44N2O2/c1-5-9-17-27(7-3)21-31-25(33)29(27)19-13-11-15-23(29)24-16-12-14-20-30(24)26(34)32-22-28(30,8-4)18-10-6-2/h11-16H,5-10,17-22H2,1-4H3,(H,31,33)(H,32,34). The molecule has 186 valence electrons. The molecule has 0 aromatic rings. The van der Waals surface area contributed by atoms with Gasteiger partial charge in [0.15, 0.2) is 0 Å². The molecule has 0 saturated carbocycles. The minimum absolute atomic E-state index is 0.132. The zero-order valence-corrected chi connectivity index (χ0v) is 21.8. The fourth-order valence-corrected chi connectivity index (χ4v) is 7.82. The molecule has 4 atom stereocenters. The van der Waals surface area contributed by atoms with Gasteiger partial charge in [-0.05, 0) is 49.7 Å². The van der Waals surface area contributed by atoms with E-state index in [2.05, 4.69) is 74.8 Å². The summed E-state index contributed by atoms with van der Waals surface area (Å²) in [6, 6.07) is 0. The van der Waals surface area contributed by atoms with Crippen LogP contribution in [0.3, 0.4) is 0 Å². The van der Waals surface area contributed by atoms with Crippen LogP contribution in [-0.2, 0) is 9.59 Å². The van der Waals surface area contributed by atoms with Gasteiger partial charge in [-0.15, -0.1) is 0 Å². The van der Waals surface area contributed by atoms with Gasteiger partial charge < -0.3 is 10.6 Å². The largest absolute Gasteiger partial charge is 0.355 e. The fourth-order valence-electron chi connectivity index (χ4n) is 7.82. The third-order valence-corrected chi connectivity index (χ3v) is 9.99. The number of hydrogen-bond donors (Lipinski definition) is 2. The van der Waals surface area contributed by atoms with Gasteiger partial charge in [-0.1, -0.05) is 89.8 Å². The summed E-state index contributed by atoms with van der Waals surface area (Å²) in [6.45, 7) is 10.4. The van der Waals surface area contributed by atoms with Crippen LogP contribution in [0.1, 0.15) is 91.9 Å². The van der Waals surface area contributed by atoms with Crippen LogP contribution < -0.4 is 10.6 Å². The minimum atomic E-state index is -0.608. The zero-order chi connectivity index (χ0) is 24.5. The molecule has 4 rings (SSSR count). The monoisotopic (exact) mass is 464 g/mol. The van der Waals surface area contributed by atoms with Crippen molar-refractivity contribution in [3.8, 4) is 0 Å². The first-order valence-corrected chi connectivity index (χ1v) is 13.7. The molecule has 4 heteroatoms. The van der Waals surface area contributed by atoms with Crippen LogP contribution in [0.2, 0.25) is 0 Å². The van der Waals surface area contributed by atoms with Crippen molar-refractivity contribution in [2.75, 3.05) is 13.1 Å². The Balaban J connectivity index is 1.92. The summed E-state index contributed by atoms with van der Waals surface area (Å²) in [5, 5.41) is 6.60. The van der Waals surface area contributed by atoms with Crippen molar-refractivity contribution in [2.24, 2.45) is 21.7 Å². The van der Waals surface area contributed by atoms with Crippen LogP contribution in [0.4, 0.5) is 0 Å². The van der Waals surface area contributed by atoms with Gasteiger partial charge in [-0.25, -0.2) is 0 Å². The van der Waals surface area contributed by atoms with Crippen molar-refractivity contribution < 1.29 is 9.59 Å². The molecular weight excluding hydrogens is 420 g/mol. The SMILES string of the molecule is CCCCC1(CC)CNC(=O)C12CC=CC=C2C1=CC=CCC12C(=O)NCC2(CC)CCCC. The molecule has 2 spiro atoms. The Hall–Kier alpha value is -2.10. The molecule has 4 unspecified atom stereocenters. The van der Waals surface area contributed by atoms with Crippen molar-refractivity contribution in [1.82, 2.24) is 10.6 Å². The lowest BCUT2D eigenvalue weighted by Crippen LogP contribution is -2.51. The summed E-state index contributed by atoms with van der Waals surface area (Å²) in [5.74, 6) is 0.307. The lowest BCUT2D eigenvalue weighted by Gasteiger charge is -2.52. The van der Waals surface area contributed by atoms with Gasteiger partial charge in [-0.3, -0.25) is 9.59 Å². The molecule has 2 amide bonds. The summed E-state index contributed by atoms with van der Waals surface area (Å²) in [7, 11) is 0. The maximum Gasteiger partial charge on any atom is 0.231 e. The van der Waals surface area contributed by atoms with Crippen LogP contribution in [0.5, 0.6) is 0 Å². The number of allylic oxidation sites excluding steroid dienone is 6. The Morgan fingerprint density at radius 2 is 1.12 bits per heavy atom. The molecule has 2 aliphatic carbocycles. The van der Waals surface area contributed by atoms with E-state index in [9.17, 15) is 9.59 Å². The Bertz CT molecular complexity index is 867. The number of carbonyl (C=O) groups is 2. The van der Waals surface area contributed by atoms with Crippen LogP contribution in [-0.4, -0.2) is 24.9 Å². The van der Waals surface area contributed by atoms with E-state index in [1.165, 1.54) is 0 Å². The van der Waals surface area contributed by atoms with Crippen molar-refractivity contribution in [3.05, 3.63) is 47.6 Å². The zero-order valence-electron chi connectivity index (χ0n) is 21.8. The highest BCUT2D eigenvalue weighted by molar-refractivity contribution is 5.96. The summed E-state index contributed by atoms with van der Waals surface area (Å²) >= 11 is 0. The average molecular weight is 465 g/mol. The predicted molar refractivity (Wildman–Crippen MR) is 139 cm³/mol. The van der Waals surface area contributed by atoms with Gasteiger partial charge in [0.05, 0.1) is 10.8 Å². The maximum atomic E-state index is 13.9. The third-order valence-electron chi connectivity index (χ3n) is 9.99. The number of unbranched alkanes of at least 4 members (excludes halogenated alkanes) is 2. The predicted octanol–water partition coefficient (Wildman–Crippen LogP) is 6.16. The van der Waals surface area contributed by atoms with Gasteiger partial charge in [0, 0.05) is 23.9 Å². The van der Waals surface area contributed by atoms with Gasteiger partial charge in [0.2, 0.25) is 11.8 Å². The first-order chi connectivity index (χ1) is 16.4.